The molecule has 140 valence electrons. The minimum Gasteiger partial charge on any atom is -0.340 e. The summed E-state index contributed by atoms with van der Waals surface area (Å²) in [4.78, 5) is 26.4. The van der Waals surface area contributed by atoms with E-state index in [2.05, 4.69) is 35.7 Å². The van der Waals surface area contributed by atoms with E-state index in [-0.39, 0.29) is 11.6 Å². The monoisotopic (exact) mass is 362 g/mol. The fourth-order valence-electron chi connectivity index (χ4n) is 4.31. The van der Waals surface area contributed by atoms with Crippen molar-refractivity contribution in [2.45, 2.75) is 39.2 Å². The lowest BCUT2D eigenvalue weighted by Crippen LogP contribution is -2.13. The SMILES string of the molecule is CC(=O)c1ccc2c(c1)c1c3c(ccc1n2CCCCN(C)C)C(=O)CC3. The van der Waals surface area contributed by atoms with Crippen molar-refractivity contribution in [1.29, 1.82) is 0 Å². The molecule has 4 heteroatoms. The number of rotatable bonds is 6. The van der Waals surface area contributed by atoms with Gasteiger partial charge in [-0.05, 0) is 82.7 Å². The van der Waals surface area contributed by atoms with Crippen LogP contribution in [0.5, 0.6) is 0 Å². The molecule has 0 fully saturated rings. The summed E-state index contributed by atoms with van der Waals surface area (Å²) in [6, 6.07) is 10.1. The zero-order valence-corrected chi connectivity index (χ0v) is 16.3. The molecule has 0 N–H and O–H groups in total. The van der Waals surface area contributed by atoms with Crippen molar-refractivity contribution >= 4 is 33.4 Å². The summed E-state index contributed by atoms with van der Waals surface area (Å²) < 4.78 is 2.37. The number of benzene rings is 2. The maximum atomic E-state index is 12.2. The molecule has 1 heterocycles. The first-order valence-electron chi connectivity index (χ1n) is 9.74. The number of unbranched alkanes of at least 4 members (excludes halogenated alkanes) is 1. The second-order valence-corrected chi connectivity index (χ2v) is 7.86. The molecule has 1 aliphatic rings. The summed E-state index contributed by atoms with van der Waals surface area (Å²) in [6.45, 7) is 3.63. The van der Waals surface area contributed by atoms with E-state index in [0.29, 0.717) is 6.42 Å². The second kappa shape index (κ2) is 6.93. The third kappa shape index (κ3) is 3.08. The normalized spacial score (nSPS) is 13.9. The number of aryl methyl sites for hydroxylation is 2. The molecule has 0 saturated heterocycles. The third-order valence-corrected chi connectivity index (χ3v) is 5.68. The Morgan fingerprint density at radius 3 is 2.59 bits per heavy atom. The van der Waals surface area contributed by atoms with Crippen LogP contribution in [0.1, 0.15) is 52.5 Å². The first-order valence-corrected chi connectivity index (χ1v) is 9.74. The number of ketones is 2. The van der Waals surface area contributed by atoms with Crippen molar-refractivity contribution in [3.63, 3.8) is 0 Å². The van der Waals surface area contributed by atoms with Gasteiger partial charge in [0.05, 0.1) is 0 Å². The number of carbonyl (C=O) groups is 2. The van der Waals surface area contributed by atoms with E-state index < -0.39 is 0 Å². The van der Waals surface area contributed by atoms with E-state index in [1.807, 2.05) is 18.2 Å². The Bertz CT molecular complexity index is 1060. The van der Waals surface area contributed by atoms with Gasteiger partial charge in [-0.15, -0.1) is 0 Å². The molecule has 0 aliphatic heterocycles. The first kappa shape index (κ1) is 17.9. The van der Waals surface area contributed by atoms with Crippen LogP contribution in [-0.4, -0.2) is 41.7 Å². The van der Waals surface area contributed by atoms with Crippen LogP contribution in [0.15, 0.2) is 30.3 Å². The van der Waals surface area contributed by atoms with Gasteiger partial charge in [-0.3, -0.25) is 9.59 Å². The van der Waals surface area contributed by atoms with Gasteiger partial charge in [0.2, 0.25) is 0 Å². The molecular weight excluding hydrogens is 336 g/mol. The van der Waals surface area contributed by atoms with Crippen LogP contribution < -0.4 is 0 Å². The van der Waals surface area contributed by atoms with Crippen molar-refractivity contribution < 1.29 is 9.59 Å². The largest absolute Gasteiger partial charge is 0.340 e. The van der Waals surface area contributed by atoms with Gasteiger partial charge in [0.15, 0.2) is 11.6 Å². The standard InChI is InChI=1S/C23H26N2O2/c1-15(26)16-6-9-20-19(14-16)23-18-8-11-22(27)17(18)7-10-21(23)25(20)13-5-4-12-24(2)3/h6-7,9-10,14H,4-5,8,11-13H2,1-3H3. The molecule has 4 rings (SSSR count). The summed E-state index contributed by atoms with van der Waals surface area (Å²) in [5.74, 6) is 0.314. The first-order chi connectivity index (χ1) is 13.0. The number of fused-ring (bicyclic) bond motifs is 5. The quantitative estimate of drug-likeness (QED) is 0.480. The summed E-state index contributed by atoms with van der Waals surface area (Å²) in [5.41, 5.74) is 5.10. The summed E-state index contributed by atoms with van der Waals surface area (Å²) in [6.07, 6.45) is 3.64. The van der Waals surface area contributed by atoms with Crippen LogP contribution >= 0.6 is 0 Å². The molecule has 0 bridgehead atoms. The topological polar surface area (TPSA) is 42.3 Å². The van der Waals surface area contributed by atoms with Crippen LogP contribution in [0, 0.1) is 0 Å². The van der Waals surface area contributed by atoms with Crippen molar-refractivity contribution in [3.8, 4) is 0 Å². The number of aromatic nitrogens is 1. The fraction of sp³-hybridized carbons (Fsp3) is 0.391. The van der Waals surface area contributed by atoms with Crippen LogP contribution in [0.25, 0.3) is 21.8 Å². The van der Waals surface area contributed by atoms with E-state index in [1.165, 1.54) is 10.9 Å². The van der Waals surface area contributed by atoms with Gasteiger partial charge in [0.1, 0.15) is 0 Å². The van der Waals surface area contributed by atoms with E-state index in [0.717, 1.165) is 59.9 Å². The van der Waals surface area contributed by atoms with Crippen molar-refractivity contribution in [2.75, 3.05) is 20.6 Å². The second-order valence-electron chi connectivity index (χ2n) is 7.86. The highest BCUT2D eigenvalue weighted by Crippen LogP contribution is 2.37. The number of nitrogens with zero attached hydrogens (tertiary/aromatic N) is 2. The van der Waals surface area contributed by atoms with Crippen LogP contribution in [-0.2, 0) is 13.0 Å². The molecule has 0 saturated carbocycles. The maximum Gasteiger partial charge on any atom is 0.163 e. The Balaban J connectivity index is 1.88. The Hall–Kier alpha value is -2.46. The van der Waals surface area contributed by atoms with Gasteiger partial charge in [0.25, 0.3) is 0 Å². The summed E-state index contributed by atoms with van der Waals surface area (Å²) in [5, 5.41) is 2.28. The molecule has 3 aromatic rings. The average Bonchev–Trinajstić information content (AvgIpc) is 3.16. The average molecular weight is 362 g/mol. The highest BCUT2D eigenvalue weighted by atomic mass is 16.1. The number of carbonyl (C=O) groups excluding carboxylic acids is 2. The molecule has 0 spiro atoms. The van der Waals surface area contributed by atoms with Crippen molar-refractivity contribution in [3.05, 3.63) is 47.0 Å². The zero-order valence-electron chi connectivity index (χ0n) is 16.3. The Morgan fingerprint density at radius 2 is 1.85 bits per heavy atom. The van der Waals surface area contributed by atoms with Crippen molar-refractivity contribution in [1.82, 2.24) is 9.47 Å². The highest BCUT2D eigenvalue weighted by Gasteiger charge is 2.25. The highest BCUT2D eigenvalue weighted by molar-refractivity contribution is 6.16. The van der Waals surface area contributed by atoms with Crippen LogP contribution in [0.2, 0.25) is 0 Å². The molecule has 0 radical (unpaired) electrons. The van der Waals surface area contributed by atoms with E-state index >= 15 is 0 Å². The van der Waals surface area contributed by atoms with Gasteiger partial charge in [0, 0.05) is 45.9 Å². The summed E-state index contributed by atoms with van der Waals surface area (Å²) in [7, 11) is 4.20. The van der Waals surface area contributed by atoms with E-state index in [1.54, 1.807) is 6.92 Å². The minimum atomic E-state index is 0.0763. The number of hydrogen-bond donors (Lipinski definition) is 0. The predicted octanol–water partition coefficient (Wildman–Crippen LogP) is 4.47. The number of hydrogen-bond acceptors (Lipinski definition) is 3. The van der Waals surface area contributed by atoms with Crippen LogP contribution in [0.3, 0.4) is 0 Å². The fourth-order valence-corrected chi connectivity index (χ4v) is 4.31. The van der Waals surface area contributed by atoms with Gasteiger partial charge in [-0.25, -0.2) is 0 Å². The van der Waals surface area contributed by atoms with Gasteiger partial charge in [-0.2, -0.15) is 0 Å². The molecular formula is C23H26N2O2. The molecule has 27 heavy (non-hydrogen) atoms. The van der Waals surface area contributed by atoms with Gasteiger partial charge in [-0.1, -0.05) is 0 Å². The van der Waals surface area contributed by atoms with E-state index in [4.69, 9.17) is 0 Å². The zero-order chi connectivity index (χ0) is 19.1. The molecule has 0 amide bonds. The molecule has 0 unspecified atom stereocenters. The van der Waals surface area contributed by atoms with E-state index in [9.17, 15) is 9.59 Å². The Kier molecular flexibility index (Phi) is 4.60. The molecule has 2 aromatic carbocycles. The minimum absolute atomic E-state index is 0.0763. The maximum absolute atomic E-state index is 12.2. The predicted molar refractivity (Wildman–Crippen MR) is 110 cm³/mol. The molecule has 1 aromatic heterocycles. The molecule has 4 nitrogen and oxygen atoms in total. The van der Waals surface area contributed by atoms with Gasteiger partial charge >= 0.3 is 0 Å². The van der Waals surface area contributed by atoms with Gasteiger partial charge < -0.3 is 9.47 Å². The lowest BCUT2D eigenvalue weighted by molar-refractivity contribution is 0.0991. The Morgan fingerprint density at radius 1 is 1.07 bits per heavy atom. The van der Waals surface area contributed by atoms with Crippen molar-refractivity contribution in [2.24, 2.45) is 0 Å². The van der Waals surface area contributed by atoms with Crippen LogP contribution in [0.4, 0.5) is 0 Å². The number of Topliss-reactive ketones (excluding diaryl/α,β-unsaturated/α-hetero) is 2. The lowest BCUT2D eigenvalue weighted by Gasteiger charge is -2.11. The smallest absolute Gasteiger partial charge is 0.163 e. The molecule has 0 atom stereocenters. The third-order valence-electron chi connectivity index (χ3n) is 5.68. The summed E-state index contributed by atoms with van der Waals surface area (Å²) >= 11 is 0. The molecule has 1 aliphatic carbocycles. The lowest BCUT2D eigenvalue weighted by atomic mass is 10.0. The Labute approximate surface area is 159 Å².